The molecule has 0 saturated heterocycles. The molecule has 5 nitrogen and oxygen atoms in total. The molecular weight excluding hydrogens is 340 g/mol. The van der Waals surface area contributed by atoms with E-state index < -0.39 is 0 Å². The highest BCUT2D eigenvalue weighted by molar-refractivity contribution is 5.99. The van der Waals surface area contributed by atoms with Gasteiger partial charge >= 0.3 is 0 Å². The van der Waals surface area contributed by atoms with Crippen LogP contribution in [0, 0.1) is 13.8 Å². The van der Waals surface area contributed by atoms with E-state index in [1.807, 2.05) is 62.4 Å². The van der Waals surface area contributed by atoms with Crippen molar-refractivity contribution in [2.45, 2.75) is 20.4 Å². The number of para-hydroxylation sites is 1. The van der Waals surface area contributed by atoms with Gasteiger partial charge in [-0.05, 0) is 44.2 Å². The summed E-state index contributed by atoms with van der Waals surface area (Å²) in [6.07, 6.45) is 3.38. The Balaban J connectivity index is 1.53. The zero-order valence-corrected chi connectivity index (χ0v) is 15.3. The average Bonchev–Trinajstić information content (AvgIpc) is 3.30. The van der Waals surface area contributed by atoms with Crippen LogP contribution < -0.4 is 4.74 Å². The van der Waals surface area contributed by atoms with E-state index in [0.29, 0.717) is 17.9 Å². The fourth-order valence-corrected chi connectivity index (χ4v) is 3.30. The molecule has 3 heterocycles. The van der Waals surface area contributed by atoms with Gasteiger partial charge in [-0.2, -0.15) is 0 Å². The second kappa shape index (κ2) is 7.11. The van der Waals surface area contributed by atoms with E-state index in [2.05, 4.69) is 9.55 Å². The number of fused-ring (bicyclic) bond motifs is 1. The summed E-state index contributed by atoms with van der Waals surface area (Å²) in [5.41, 5.74) is 3.36. The first-order valence-corrected chi connectivity index (χ1v) is 8.82. The van der Waals surface area contributed by atoms with Gasteiger partial charge in [0.15, 0.2) is 6.61 Å². The van der Waals surface area contributed by atoms with Gasteiger partial charge in [-0.3, -0.25) is 9.78 Å². The molecule has 0 N–H and O–H groups in total. The predicted octanol–water partition coefficient (Wildman–Crippen LogP) is 4.56. The van der Waals surface area contributed by atoms with Crippen molar-refractivity contribution in [1.82, 2.24) is 9.55 Å². The maximum absolute atomic E-state index is 12.8. The molecule has 0 aliphatic rings. The highest BCUT2D eigenvalue weighted by atomic mass is 16.5. The molecule has 0 aliphatic carbocycles. The van der Waals surface area contributed by atoms with Gasteiger partial charge < -0.3 is 13.7 Å². The highest BCUT2D eigenvalue weighted by Crippen LogP contribution is 2.24. The van der Waals surface area contributed by atoms with Crippen LogP contribution in [0.3, 0.4) is 0 Å². The zero-order valence-electron chi connectivity index (χ0n) is 15.3. The topological polar surface area (TPSA) is 57.3 Å². The van der Waals surface area contributed by atoms with Crippen LogP contribution in [-0.2, 0) is 6.54 Å². The summed E-state index contributed by atoms with van der Waals surface area (Å²) in [6, 6.07) is 15.3. The van der Waals surface area contributed by atoms with Crippen molar-refractivity contribution in [1.29, 1.82) is 0 Å². The van der Waals surface area contributed by atoms with Gasteiger partial charge in [0.05, 0.1) is 12.8 Å². The number of pyridine rings is 1. The first-order chi connectivity index (χ1) is 13.1. The van der Waals surface area contributed by atoms with Gasteiger partial charge in [0.2, 0.25) is 5.78 Å². The van der Waals surface area contributed by atoms with Gasteiger partial charge in [0, 0.05) is 28.5 Å². The van der Waals surface area contributed by atoms with E-state index in [0.717, 1.165) is 28.1 Å². The Labute approximate surface area is 157 Å². The molecule has 4 aromatic rings. The van der Waals surface area contributed by atoms with Crippen molar-refractivity contribution in [3.8, 4) is 5.75 Å². The van der Waals surface area contributed by atoms with E-state index in [1.165, 1.54) is 0 Å². The van der Waals surface area contributed by atoms with Crippen LogP contribution in [0.2, 0.25) is 0 Å². The quantitative estimate of drug-likeness (QED) is 0.473. The summed E-state index contributed by atoms with van der Waals surface area (Å²) >= 11 is 0. The normalized spacial score (nSPS) is 11.0. The largest absolute Gasteiger partial charge is 0.483 e. The minimum Gasteiger partial charge on any atom is -0.483 e. The average molecular weight is 360 g/mol. The van der Waals surface area contributed by atoms with Crippen molar-refractivity contribution in [2.75, 3.05) is 6.61 Å². The number of hydrogen-bond acceptors (Lipinski definition) is 4. The van der Waals surface area contributed by atoms with Crippen LogP contribution in [0.15, 0.2) is 65.4 Å². The second-order valence-electron chi connectivity index (χ2n) is 6.49. The number of carbonyl (C=O) groups excluding carboxylic acids is 1. The van der Waals surface area contributed by atoms with Crippen LogP contribution in [0.4, 0.5) is 0 Å². The maximum Gasteiger partial charge on any atom is 0.202 e. The smallest absolute Gasteiger partial charge is 0.202 e. The van der Waals surface area contributed by atoms with Crippen molar-refractivity contribution >= 4 is 16.7 Å². The van der Waals surface area contributed by atoms with Gasteiger partial charge in [-0.25, -0.2) is 0 Å². The van der Waals surface area contributed by atoms with E-state index in [1.54, 1.807) is 12.5 Å². The molecular formula is C22H20N2O3. The lowest BCUT2D eigenvalue weighted by Gasteiger charge is -2.09. The lowest BCUT2D eigenvalue weighted by molar-refractivity contribution is 0.0921. The molecule has 0 aliphatic heterocycles. The van der Waals surface area contributed by atoms with E-state index >= 15 is 0 Å². The molecule has 0 spiro atoms. The molecule has 136 valence electrons. The van der Waals surface area contributed by atoms with Gasteiger partial charge in [-0.15, -0.1) is 0 Å². The van der Waals surface area contributed by atoms with Crippen LogP contribution >= 0.6 is 0 Å². The Morgan fingerprint density at radius 1 is 1.15 bits per heavy atom. The highest BCUT2D eigenvalue weighted by Gasteiger charge is 2.17. The third-order valence-electron chi connectivity index (χ3n) is 4.72. The lowest BCUT2D eigenvalue weighted by atomic mass is 10.1. The van der Waals surface area contributed by atoms with E-state index in [9.17, 15) is 4.79 Å². The SMILES string of the molecule is Cc1cc(C(=O)COc2cccc3cccnc23)c(C)n1Cc1ccco1. The maximum atomic E-state index is 12.8. The van der Waals surface area contributed by atoms with Gasteiger partial charge in [-0.1, -0.05) is 18.2 Å². The second-order valence-corrected chi connectivity index (χ2v) is 6.49. The number of aryl methyl sites for hydroxylation is 1. The van der Waals surface area contributed by atoms with Crippen LogP contribution in [0.5, 0.6) is 5.75 Å². The summed E-state index contributed by atoms with van der Waals surface area (Å²) in [6.45, 7) is 4.51. The molecule has 0 atom stereocenters. The number of hydrogen-bond donors (Lipinski definition) is 0. The number of Topliss-reactive ketones (excluding diaryl/α,β-unsaturated/α-hetero) is 1. The predicted molar refractivity (Wildman–Crippen MR) is 103 cm³/mol. The first-order valence-electron chi connectivity index (χ1n) is 8.82. The fourth-order valence-electron chi connectivity index (χ4n) is 3.30. The molecule has 0 bridgehead atoms. The van der Waals surface area contributed by atoms with Gasteiger partial charge in [0.25, 0.3) is 0 Å². The molecule has 0 fully saturated rings. The number of carbonyl (C=O) groups is 1. The Kier molecular flexibility index (Phi) is 4.50. The molecule has 1 aromatic carbocycles. The number of ketones is 1. The van der Waals surface area contributed by atoms with Crippen LogP contribution in [0.25, 0.3) is 10.9 Å². The van der Waals surface area contributed by atoms with Crippen LogP contribution in [0.1, 0.15) is 27.5 Å². The van der Waals surface area contributed by atoms with Crippen molar-refractivity contribution < 1.29 is 13.9 Å². The number of nitrogens with zero attached hydrogens (tertiary/aromatic N) is 2. The minimum atomic E-state index is -0.0540. The molecule has 5 heteroatoms. The molecule has 0 radical (unpaired) electrons. The number of furan rings is 1. The fraction of sp³-hybridized carbons (Fsp3) is 0.182. The number of ether oxygens (including phenoxy) is 1. The number of benzene rings is 1. The standard InChI is InChI=1S/C22H20N2O3/c1-15-12-19(16(2)24(15)13-18-8-5-11-26-18)20(25)14-27-21-9-3-6-17-7-4-10-23-22(17)21/h3-12H,13-14H2,1-2H3. The minimum absolute atomic E-state index is 0.0271. The molecule has 4 rings (SSSR count). The van der Waals surface area contributed by atoms with E-state index in [4.69, 9.17) is 9.15 Å². The molecule has 0 unspecified atom stereocenters. The number of aromatic nitrogens is 2. The summed E-state index contributed by atoms with van der Waals surface area (Å²) in [7, 11) is 0. The molecule has 3 aromatic heterocycles. The first kappa shape index (κ1) is 17.1. The summed E-state index contributed by atoms with van der Waals surface area (Å²) in [5.74, 6) is 1.42. The van der Waals surface area contributed by atoms with Crippen molar-refractivity contribution in [3.63, 3.8) is 0 Å². The third kappa shape index (κ3) is 3.36. The summed E-state index contributed by atoms with van der Waals surface area (Å²) < 4.78 is 13.3. The van der Waals surface area contributed by atoms with E-state index in [-0.39, 0.29) is 12.4 Å². The van der Waals surface area contributed by atoms with Crippen molar-refractivity contribution in [2.24, 2.45) is 0 Å². The Bertz CT molecular complexity index is 1090. The third-order valence-corrected chi connectivity index (χ3v) is 4.72. The lowest BCUT2D eigenvalue weighted by Crippen LogP contribution is -2.13. The van der Waals surface area contributed by atoms with Crippen molar-refractivity contribution in [3.05, 3.63) is 83.7 Å². The zero-order chi connectivity index (χ0) is 18.8. The Morgan fingerprint density at radius 3 is 2.81 bits per heavy atom. The Morgan fingerprint density at radius 2 is 2.00 bits per heavy atom. The summed E-state index contributed by atoms with van der Waals surface area (Å²) in [5, 5.41) is 0.985. The molecule has 27 heavy (non-hydrogen) atoms. The molecule has 0 amide bonds. The number of rotatable bonds is 6. The van der Waals surface area contributed by atoms with Gasteiger partial charge in [0.1, 0.15) is 17.0 Å². The molecule has 0 saturated carbocycles. The monoisotopic (exact) mass is 360 g/mol. The van der Waals surface area contributed by atoms with Crippen LogP contribution in [-0.4, -0.2) is 21.9 Å². The summed E-state index contributed by atoms with van der Waals surface area (Å²) in [4.78, 5) is 17.1. The Hall–Kier alpha value is -3.34.